The highest BCUT2D eigenvalue weighted by Crippen LogP contribution is 2.35. The highest BCUT2D eigenvalue weighted by atomic mass is 32.2. The summed E-state index contributed by atoms with van der Waals surface area (Å²) in [6, 6.07) is 2.33. The van der Waals surface area contributed by atoms with E-state index in [0.29, 0.717) is 17.0 Å². The van der Waals surface area contributed by atoms with Crippen molar-refractivity contribution in [3.63, 3.8) is 0 Å². The first kappa shape index (κ1) is 35.2. The molecule has 14 nitrogen and oxygen atoms in total. The Kier molecular flexibility index (Phi) is 9.29. The topological polar surface area (TPSA) is 214 Å². The van der Waals surface area contributed by atoms with Gasteiger partial charge >= 0.3 is 31.2 Å². The fraction of sp³-hybridized carbons (Fsp3) is 0.318. The maximum atomic E-state index is 13.4. The van der Waals surface area contributed by atoms with Crippen molar-refractivity contribution in [2.45, 2.75) is 34.0 Å². The van der Waals surface area contributed by atoms with Crippen LogP contribution >= 0.6 is 0 Å². The molecular weight excluding hydrogens is 684 g/mol. The number of amides is 2. The first-order valence-corrected chi connectivity index (χ1v) is 15.4. The van der Waals surface area contributed by atoms with Crippen LogP contribution in [0.15, 0.2) is 34.1 Å². The minimum atomic E-state index is -6.10. The van der Waals surface area contributed by atoms with Gasteiger partial charge in [0.2, 0.25) is 0 Å². The average Bonchev–Trinajstić information content (AvgIpc) is 3.51. The molecular formula is C22H18B2F6N2O12S2. The SMILES string of the molecule is O=C(O)CN(CCNC(=O)c1cc2c(c(S(=O)(=O)C(F)(F)F)c1)COB2O)C(=O)c1cc2c(c(S(=O)(=O)C(F)(F)F)c1)COB2O. The van der Waals surface area contributed by atoms with Gasteiger partial charge in [-0.15, -0.1) is 0 Å². The Balaban J connectivity index is 1.62. The number of aliphatic carboxylic acids is 1. The van der Waals surface area contributed by atoms with Crippen molar-refractivity contribution in [2.24, 2.45) is 0 Å². The molecule has 0 aromatic heterocycles. The number of halogens is 6. The molecule has 2 amide bonds. The second-order valence-electron chi connectivity index (χ2n) is 9.69. The van der Waals surface area contributed by atoms with Gasteiger partial charge in [-0.2, -0.15) is 26.3 Å². The number of nitrogens with zero attached hydrogens (tertiary/aromatic N) is 1. The summed E-state index contributed by atoms with van der Waals surface area (Å²) in [6.45, 7) is -4.06. The minimum absolute atomic E-state index is 0.319. The quantitative estimate of drug-likeness (QED) is 0.177. The third kappa shape index (κ3) is 6.44. The lowest BCUT2D eigenvalue weighted by molar-refractivity contribution is -0.137. The summed E-state index contributed by atoms with van der Waals surface area (Å²) in [4.78, 5) is 35.1. The number of rotatable bonds is 9. The normalized spacial score (nSPS) is 15.0. The van der Waals surface area contributed by atoms with Gasteiger partial charge in [-0.05, 0) is 46.3 Å². The van der Waals surface area contributed by atoms with E-state index in [0.717, 1.165) is 12.1 Å². The summed E-state index contributed by atoms with van der Waals surface area (Å²) in [5.74, 6) is -4.28. The number of benzene rings is 2. The molecule has 0 atom stereocenters. The Labute approximate surface area is 255 Å². The summed E-state index contributed by atoms with van der Waals surface area (Å²) >= 11 is 0. The van der Waals surface area contributed by atoms with E-state index in [9.17, 15) is 72.7 Å². The average molecular weight is 702 g/mol. The predicted molar refractivity (Wildman–Crippen MR) is 140 cm³/mol. The molecule has 0 unspecified atom stereocenters. The van der Waals surface area contributed by atoms with Crippen LogP contribution in [0.1, 0.15) is 31.8 Å². The van der Waals surface area contributed by atoms with Crippen LogP contribution in [0.25, 0.3) is 0 Å². The molecule has 248 valence electrons. The maximum Gasteiger partial charge on any atom is 0.501 e. The van der Waals surface area contributed by atoms with Gasteiger partial charge in [-0.1, -0.05) is 0 Å². The van der Waals surface area contributed by atoms with E-state index in [2.05, 4.69) is 5.32 Å². The van der Waals surface area contributed by atoms with Crippen LogP contribution in [0.3, 0.4) is 0 Å². The van der Waals surface area contributed by atoms with Crippen molar-refractivity contribution in [3.05, 3.63) is 46.5 Å². The number of carbonyl (C=O) groups excluding carboxylic acids is 2. The van der Waals surface area contributed by atoms with Crippen molar-refractivity contribution < 1.29 is 82.0 Å². The number of sulfone groups is 2. The third-order valence-electron chi connectivity index (χ3n) is 6.77. The van der Waals surface area contributed by atoms with Gasteiger partial charge in [0.25, 0.3) is 31.5 Å². The van der Waals surface area contributed by atoms with E-state index in [1.165, 1.54) is 0 Å². The summed E-state index contributed by atoms with van der Waals surface area (Å²) in [5.41, 5.74) is -15.2. The van der Waals surface area contributed by atoms with Gasteiger partial charge in [0, 0.05) is 24.2 Å². The summed E-state index contributed by atoms with van der Waals surface area (Å²) in [6.07, 6.45) is 0. The van der Waals surface area contributed by atoms with Gasteiger partial charge in [0.1, 0.15) is 6.54 Å². The Morgan fingerprint density at radius 3 is 1.67 bits per heavy atom. The predicted octanol–water partition coefficient (Wildman–Crippen LogP) is -1.33. The number of carboxylic acids is 1. The third-order valence-corrected chi connectivity index (χ3v) is 9.87. The van der Waals surface area contributed by atoms with Gasteiger partial charge in [-0.3, -0.25) is 14.4 Å². The Morgan fingerprint density at radius 2 is 1.24 bits per heavy atom. The first-order chi connectivity index (χ1) is 21.1. The molecule has 0 saturated heterocycles. The molecule has 2 aromatic carbocycles. The molecule has 24 heteroatoms. The second-order valence-corrected chi connectivity index (χ2v) is 13.5. The molecule has 4 N–H and O–H groups in total. The molecule has 0 saturated carbocycles. The highest BCUT2D eigenvalue weighted by molar-refractivity contribution is 7.92. The fourth-order valence-electron chi connectivity index (χ4n) is 4.58. The van der Waals surface area contributed by atoms with Crippen molar-refractivity contribution >= 4 is 62.6 Å². The van der Waals surface area contributed by atoms with E-state index in [-0.39, 0.29) is 0 Å². The minimum Gasteiger partial charge on any atom is -0.480 e. The van der Waals surface area contributed by atoms with Crippen LogP contribution in [0, 0.1) is 0 Å². The molecule has 2 aliphatic rings. The Bertz CT molecular complexity index is 1840. The second kappa shape index (κ2) is 12.2. The van der Waals surface area contributed by atoms with Gasteiger partial charge in [0.15, 0.2) is 0 Å². The molecule has 2 aliphatic heterocycles. The van der Waals surface area contributed by atoms with Crippen LogP contribution in [0.2, 0.25) is 0 Å². The Morgan fingerprint density at radius 1 is 0.804 bits per heavy atom. The molecule has 2 aromatic rings. The largest absolute Gasteiger partial charge is 0.501 e. The lowest BCUT2D eigenvalue weighted by Crippen LogP contribution is -2.42. The van der Waals surface area contributed by atoms with Crippen molar-refractivity contribution in [1.29, 1.82) is 0 Å². The van der Waals surface area contributed by atoms with Crippen LogP contribution in [-0.4, -0.2) is 99.6 Å². The van der Waals surface area contributed by atoms with Gasteiger partial charge in [0.05, 0.1) is 23.0 Å². The molecule has 2 heterocycles. The number of hydrogen-bond donors (Lipinski definition) is 4. The van der Waals surface area contributed by atoms with E-state index < -0.39 is 139 Å². The number of nitrogens with one attached hydrogen (secondary N) is 1. The van der Waals surface area contributed by atoms with E-state index in [1.807, 2.05) is 0 Å². The number of hydrogen-bond acceptors (Lipinski definition) is 11. The van der Waals surface area contributed by atoms with Crippen LogP contribution < -0.4 is 16.2 Å². The summed E-state index contributed by atoms with van der Waals surface area (Å²) in [5, 5.41) is 31.3. The maximum absolute atomic E-state index is 13.4. The van der Waals surface area contributed by atoms with Crippen molar-refractivity contribution in [1.82, 2.24) is 10.2 Å². The smallest absolute Gasteiger partial charge is 0.480 e. The zero-order valence-electron chi connectivity index (χ0n) is 22.5. The Hall–Kier alpha value is -3.70. The van der Waals surface area contributed by atoms with Crippen LogP contribution in [0.4, 0.5) is 26.3 Å². The van der Waals surface area contributed by atoms with Crippen molar-refractivity contribution in [2.75, 3.05) is 19.6 Å². The zero-order valence-corrected chi connectivity index (χ0v) is 24.2. The molecule has 0 bridgehead atoms. The summed E-state index contributed by atoms with van der Waals surface area (Å²) in [7, 11) is -15.9. The number of fused-ring (bicyclic) bond motifs is 2. The number of alkyl halides is 6. The molecule has 0 fully saturated rings. The molecule has 4 rings (SSSR count). The van der Waals surface area contributed by atoms with E-state index in [4.69, 9.17) is 9.31 Å². The van der Waals surface area contributed by atoms with Crippen LogP contribution in [-0.2, 0) is 47.0 Å². The van der Waals surface area contributed by atoms with Crippen LogP contribution in [0.5, 0.6) is 0 Å². The standard InChI is InChI=1S/C22H18B2F6N2O12S2/c25-21(26,27)45(39,40)16-5-10(3-14-12(16)8-43-23(14)37)19(35)31-1-2-32(7-18(33)34)20(36)11-4-15-13(9-44-24(15)38)17(6-11)46(41,42)22(28,29)30/h3-6,37-38H,1-2,7-9H2,(H,31,35)(H,33,34). The molecule has 46 heavy (non-hydrogen) atoms. The summed E-state index contributed by atoms with van der Waals surface area (Å²) < 4.78 is 138. The highest BCUT2D eigenvalue weighted by Gasteiger charge is 2.51. The molecule has 0 aliphatic carbocycles. The van der Waals surface area contributed by atoms with Gasteiger partial charge < -0.3 is 34.7 Å². The number of carboxylic acid groups (broad SMARTS) is 1. The first-order valence-electron chi connectivity index (χ1n) is 12.4. The van der Waals surface area contributed by atoms with E-state index in [1.54, 1.807) is 0 Å². The van der Waals surface area contributed by atoms with Crippen molar-refractivity contribution in [3.8, 4) is 0 Å². The fourth-order valence-corrected chi connectivity index (χ4v) is 6.64. The van der Waals surface area contributed by atoms with Gasteiger partial charge in [-0.25, -0.2) is 16.8 Å². The van der Waals surface area contributed by atoms with E-state index >= 15 is 0 Å². The zero-order chi connectivity index (χ0) is 34.6. The lowest BCUT2D eigenvalue weighted by Gasteiger charge is -2.22. The molecule has 0 spiro atoms. The lowest BCUT2D eigenvalue weighted by atomic mass is 9.78. The monoisotopic (exact) mass is 702 g/mol. The molecule has 0 radical (unpaired) electrons. The number of carbonyl (C=O) groups is 3.